The van der Waals surface area contributed by atoms with Crippen LogP contribution in [0, 0.1) is 0 Å². The minimum Gasteiger partial charge on any atom is -0.481 e. The molecule has 0 radical (unpaired) electrons. The van der Waals surface area contributed by atoms with Crippen molar-refractivity contribution >= 4 is 16.9 Å². The molecule has 0 amide bonds. The standard InChI is InChI=1S/C14H13N5O2/c20-13(21)4-2-8-19-14(16-17-18-19)11-5-6-12-10(9-11)3-1-7-15-12/h1,3,5-7,9H,2,4,8H2,(H,20,21). The largest absolute Gasteiger partial charge is 0.481 e. The van der Waals surface area contributed by atoms with E-state index >= 15 is 0 Å². The fourth-order valence-corrected chi connectivity index (χ4v) is 2.16. The summed E-state index contributed by atoms with van der Waals surface area (Å²) >= 11 is 0. The molecule has 7 heteroatoms. The third-order valence-electron chi connectivity index (χ3n) is 3.15. The van der Waals surface area contributed by atoms with Crippen LogP contribution in [0.5, 0.6) is 0 Å². The number of aryl methyl sites for hydroxylation is 1. The predicted molar refractivity (Wildman–Crippen MR) is 75.4 cm³/mol. The quantitative estimate of drug-likeness (QED) is 0.766. The van der Waals surface area contributed by atoms with Gasteiger partial charge in [0.15, 0.2) is 5.82 Å². The first-order valence-corrected chi connectivity index (χ1v) is 6.57. The molecule has 2 heterocycles. The highest BCUT2D eigenvalue weighted by Gasteiger charge is 2.10. The van der Waals surface area contributed by atoms with Crippen molar-refractivity contribution in [3.8, 4) is 11.4 Å². The van der Waals surface area contributed by atoms with Gasteiger partial charge in [0, 0.05) is 30.1 Å². The average Bonchev–Trinajstić information content (AvgIpc) is 2.95. The van der Waals surface area contributed by atoms with Gasteiger partial charge in [0.05, 0.1) is 5.52 Å². The number of carboxylic acid groups (broad SMARTS) is 1. The Balaban J connectivity index is 1.88. The lowest BCUT2D eigenvalue weighted by Crippen LogP contribution is -2.05. The molecule has 0 aliphatic heterocycles. The van der Waals surface area contributed by atoms with E-state index in [4.69, 9.17) is 5.11 Å². The van der Waals surface area contributed by atoms with Gasteiger partial charge in [-0.15, -0.1) is 5.10 Å². The Morgan fingerprint density at radius 2 is 2.19 bits per heavy atom. The molecule has 0 atom stereocenters. The van der Waals surface area contributed by atoms with Crippen molar-refractivity contribution in [2.45, 2.75) is 19.4 Å². The molecule has 0 fully saturated rings. The molecule has 0 spiro atoms. The van der Waals surface area contributed by atoms with Crippen LogP contribution in [0.15, 0.2) is 36.5 Å². The first-order chi connectivity index (χ1) is 10.2. The highest BCUT2D eigenvalue weighted by molar-refractivity contribution is 5.83. The second-order valence-electron chi connectivity index (χ2n) is 4.63. The van der Waals surface area contributed by atoms with E-state index in [2.05, 4.69) is 20.5 Å². The molecule has 0 aliphatic carbocycles. The van der Waals surface area contributed by atoms with Crippen molar-refractivity contribution in [3.05, 3.63) is 36.5 Å². The Bertz CT molecular complexity index is 784. The van der Waals surface area contributed by atoms with Crippen molar-refractivity contribution in [1.29, 1.82) is 0 Å². The summed E-state index contributed by atoms with van der Waals surface area (Å²) < 4.78 is 1.63. The highest BCUT2D eigenvalue weighted by Crippen LogP contribution is 2.21. The van der Waals surface area contributed by atoms with Crippen molar-refractivity contribution < 1.29 is 9.90 Å². The zero-order chi connectivity index (χ0) is 14.7. The van der Waals surface area contributed by atoms with Crippen LogP contribution in [0.1, 0.15) is 12.8 Å². The SMILES string of the molecule is O=C(O)CCCn1nnnc1-c1ccc2ncccc2c1. The van der Waals surface area contributed by atoms with Gasteiger partial charge in [-0.3, -0.25) is 9.78 Å². The van der Waals surface area contributed by atoms with Crippen LogP contribution < -0.4 is 0 Å². The van der Waals surface area contributed by atoms with E-state index in [1.807, 2.05) is 30.3 Å². The maximum Gasteiger partial charge on any atom is 0.303 e. The topological polar surface area (TPSA) is 93.8 Å². The maximum atomic E-state index is 10.6. The van der Waals surface area contributed by atoms with Crippen LogP contribution in [-0.2, 0) is 11.3 Å². The van der Waals surface area contributed by atoms with E-state index in [1.54, 1.807) is 10.9 Å². The number of carbonyl (C=O) groups is 1. The van der Waals surface area contributed by atoms with Gasteiger partial charge in [0.1, 0.15) is 0 Å². The number of tetrazole rings is 1. The number of rotatable bonds is 5. The lowest BCUT2D eigenvalue weighted by atomic mass is 10.1. The van der Waals surface area contributed by atoms with Crippen LogP contribution in [-0.4, -0.2) is 36.3 Å². The molecule has 1 aromatic carbocycles. The molecule has 0 bridgehead atoms. The molecule has 3 aromatic rings. The Labute approximate surface area is 120 Å². The number of pyridine rings is 1. The van der Waals surface area contributed by atoms with Crippen LogP contribution in [0.25, 0.3) is 22.3 Å². The number of aromatic nitrogens is 5. The Morgan fingerprint density at radius 1 is 1.29 bits per heavy atom. The molecule has 2 aromatic heterocycles. The number of benzene rings is 1. The fourth-order valence-electron chi connectivity index (χ4n) is 2.16. The van der Waals surface area contributed by atoms with Crippen molar-refractivity contribution in [2.24, 2.45) is 0 Å². The third kappa shape index (κ3) is 2.86. The lowest BCUT2D eigenvalue weighted by molar-refractivity contribution is -0.137. The molecule has 7 nitrogen and oxygen atoms in total. The van der Waals surface area contributed by atoms with Gasteiger partial charge < -0.3 is 5.11 Å². The summed E-state index contributed by atoms with van der Waals surface area (Å²) in [6.07, 6.45) is 2.33. The number of hydrogen-bond acceptors (Lipinski definition) is 5. The highest BCUT2D eigenvalue weighted by atomic mass is 16.4. The molecule has 0 unspecified atom stereocenters. The monoisotopic (exact) mass is 283 g/mol. The number of nitrogens with zero attached hydrogens (tertiary/aromatic N) is 5. The van der Waals surface area contributed by atoms with E-state index in [-0.39, 0.29) is 6.42 Å². The maximum absolute atomic E-state index is 10.6. The smallest absolute Gasteiger partial charge is 0.303 e. The first kappa shape index (κ1) is 13.2. The third-order valence-corrected chi connectivity index (χ3v) is 3.15. The first-order valence-electron chi connectivity index (χ1n) is 6.57. The lowest BCUT2D eigenvalue weighted by Gasteiger charge is -2.04. The van der Waals surface area contributed by atoms with Gasteiger partial charge in [-0.2, -0.15) is 0 Å². The molecule has 0 aliphatic rings. The van der Waals surface area contributed by atoms with Gasteiger partial charge >= 0.3 is 5.97 Å². The number of carboxylic acids is 1. The van der Waals surface area contributed by atoms with Gasteiger partial charge in [0.25, 0.3) is 0 Å². The summed E-state index contributed by atoms with van der Waals surface area (Å²) in [5.74, 6) is -0.187. The number of fused-ring (bicyclic) bond motifs is 1. The Kier molecular flexibility index (Phi) is 3.55. The van der Waals surface area contributed by atoms with Crippen molar-refractivity contribution in [2.75, 3.05) is 0 Å². The zero-order valence-electron chi connectivity index (χ0n) is 11.2. The average molecular weight is 283 g/mol. The summed E-state index contributed by atoms with van der Waals surface area (Å²) in [4.78, 5) is 14.8. The molecule has 106 valence electrons. The summed E-state index contributed by atoms with van der Waals surface area (Å²) in [5.41, 5.74) is 1.79. The summed E-state index contributed by atoms with van der Waals surface area (Å²) in [6.45, 7) is 0.472. The minimum atomic E-state index is -0.818. The molecule has 0 saturated heterocycles. The summed E-state index contributed by atoms with van der Waals surface area (Å²) in [6, 6.07) is 9.66. The van der Waals surface area contributed by atoms with Crippen molar-refractivity contribution in [3.63, 3.8) is 0 Å². The van der Waals surface area contributed by atoms with Gasteiger partial charge in [-0.05, 0) is 41.1 Å². The molecular formula is C14H13N5O2. The molecule has 21 heavy (non-hydrogen) atoms. The predicted octanol–water partition coefficient (Wildman–Crippen LogP) is 1.75. The second-order valence-corrected chi connectivity index (χ2v) is 4.63. The normalized spacial score (nSPS) is 10.9. The van der Waals surface area contributed by atoms with Crippen molar-refractivity contribution in [1.82, 2.24) is 25.2 Å². The summed E-state index contributed by atoms with van der Waals surface area (Å²) in [5, 5.41) is 21.3. The van der Waals surface area contributed by atoms with Gasteiger partial charge in [-0.1, -0.05) is 6.07 Å². The molecule has 3 rings (SSSR count). The van der Waals surface area contributed by atoms with Crippen LogP contribution >= 0.6 is 0 Å². The summed E-state index contributed by atoms with van der Waals surface area (Å²) in [7, 11) is 0. The van der Waals surface area contributed by atoms with E-state index in [1.165, 1.54) is 0 Å². The minimum absolute atomic E-state index is 0.0982. The molecular weight excluding hydrogens is 270 g/mol. The van der Waals surface area contributed by atoms with E-state index in [0.29, 0.717) is 18.8 Å². The molecule has 0 saturated carbocycles. The van der Waals surface area contributed by atoms with Crippen LogP contribution in [0.2, 0.25) is 0 Å². The van der Waals surface area contributed by atoms with E-state index in [9.17, 15) is 4.79 Å². The Morgan fingerprint density at radius 3 is 3.05 bits per heavy atom. The zero-order valence-corrected chi connectivity index (χ0v) is 11.2. The van der Waals surface area contributed by atoms with E-state index in [0.717, 1.165) is 16.5 Å². The second kappa shape index (κ2) is 5.66. The number of aliphatic carboxylic acids is 1. The van der Waals surface area contributed by atoms with Crippen LogP contribution in [0.3, 0.4) is 0 Å². The van der Waals surface area contributed by atoms with Gasteiger partial charge in [-0.25, -0.2) is 4.68 Å². The van der Waals surface area contributed by atoms with E-state index < -0.39 is 5.97 Å². The van der Waals surface area contributed by atoms with Crippen LogP contribution in [0.4, 0.5) is 0 Å². The number of hydrogen-bond donors (Lipinski definition) is 1. The Hall–Kier alpha value is -2.83. The van der Waals surface area contributed by atoms with Gasteiger partial charge in [0.2, 0.25) is 0 Å². The fraction of sp³-hybridized carbons (Fsp3) is 0.214. The molecule has 1 N–H and O–H groups in total.